The van der Waals surface area contributed by atoms with Crippen molar-refractivity contribution in [2.24, 2.45) is 0 Å². The zero-order chi connectivity index (χ0) is 15.5. The van der Waals surface area contributed by atoms with Crippen LogP contribution in [0, 0.1) is 0 Å². The number of piperazine rings is 1. The van der Waals surface area contributed by atoms with Gasteiger partial charge in [0.15, 0.2) is 0 Å². The standard InChI is InChI=1S/C14H17N5O3/c1-18-6-8-19(9-7-18)10-2-4-11(5-3-10)22-13-12(14(20)21)15-17-16-13/h2-5H,6-9H2,1H3,(H,20,21)(H,15,16,17). The van der Waals surface area contributed by atoms with Crippen LogP contribution < -0.4 is 9.64 Å². The van der Waals surface area contributed by atoms with Gasteiger partial charge in [0, 0.05) is 31.9 Å². The molecule has 3 rings (SSSR count). The van der Waals surface area contributed by atoms with Crippen molar-refractivity contribution in [2.45, 2.75) is 0 Å². The number of hydrogen-bond acceptors (Lipinski definition) is 6. The second kappa shape index (κ2) is 6.02. The second-order valence-corrected chi connectivity index (χ2v) is 5.18. The van der Waals surface area contributed by atoms with E-state index in [1.807, 2.05) is 12.1 Å². The van der Waals surface area contributed by atoms with Crippen LogP contribution in [0.4, 0.5) is 5.69 Å². The van der Waals surface area contributed by atoms with Gasteiger partial charge in [0.25, 0.3) is 5.88 Å². The highest BCUT2D eigenvalue weighted by Crippen LogP contribution is 2.25. The van der Waals surface area contributed by atoms with Crippen molar-refractivity contribution in [3.8, 4) is 11.6 Å². The van der Waals surface area contributed by atoms with Crippen LogP contribution in [0.25, 0.3) is 0 Å². The van der Waals surface area contributed by atoms with Gasteiger partial charge in [0.05, 0.1) is 0 Å². The van der Waals surface area contributed by atoms with E-state index in [2.05, 4.69) is 32.3 Å². The molecule has 8 nitrogen and oxygen atoms in total. The summed E-state index contributed by atoms with van der Waals surface area (Å²) < 4.78 is 5.48. The maximum Gasteiger partial charge on any atom is 0.362 e. The van der Waals surface area contributed by atoms with Crippen LogP contribution in [0.1, 0.15) is 10.5 Å². The summed E-state index contributed by atoms with van der Waals surface area (Å²) in [4.78, 5) is 15.6. The minimum atomic E-state index is -1.18. The Hall–Kier alpha value is -2.61. The maximum atomic E-state index is 10.9. The van der Waals surface area contributed by atoms with E-state index < -0.39 is 5.97 Å². The number of aromatic amines is 1. The number of hydrogen-bond donors (Lipinski definition) is 2. The number of nitrogens with one attached hydrogen (secondary N) is 1. The number of likely N-dealkylation sites (N-methyl/N-ethyl adjacent to an activating group) is 1. The molecule has 1 fully saturated rings. The molecule has 0 amide bonds. The number of rotatable bonds is 4. The summed E-state index contributed by atoms with van der Waals surface area (Å²) in [6.07, 6.45) is 0. The summed E-state index contributed by atoms with van der Waals surface area (Å²) in [5.74, 6) is -0.621. The van der Waals surface area contributed by atoms with Gasteiger partial charge in [-0.25, -0.2) is 9.89 Å². The van der Waals surface area contributed by atoms with Gasteiger partial charge in [-0.2, -0.15) is 0 Å². The van der Waals surface area contributed by atoms with Crippen molar-refractivity contribution >= 4 is 11.7 Å². The number of anilines is 1. The van der Waals surface area contributed by atoms with Gasteiger partial charge in [-0.1, -0.05) is 5.21 Å². The topological polar surface area (TPSA) is 94.6 Å². The number of nitrogens with zero attached hydrogens (tertiary/aromatic N) is 4. The Morgan fingerprint density at radius 3 is 2.55 bits per heavy atom. The summed E-state index contributed by atoms with van der Waals surface area (Å²) in [6, 6.07) is 7.54. The largest absolute Gasteiger partial charge is 0.476 e. The fourth-order valence-corrected chi connectivity index (χ4v) is 2.34. The van der Waals surface area contributed by atoms with E-state index in [4.69, 9.17) is 9.84 Å². The molecule has 1 saturated heterocycles. The molecule has 0 radical (unpaired) electrons. The van der Waals surface area contributed by atoms with Crippen molar-refractivity contribution < 1.29 is 14.6 Å². The highest BCUT2D eigenvalue weighted by atomic mass is 16.5. The Balaban J connectivity index is 1.69. The zero-order valence-electron chi connectivity index (χ0n) is 12.2. The third kappa shape index (κ3) is 3.01. The van der Waals surface area contributed by atoms with E-state index in [1.54, 1.807) is 12.1 Å². The molecule has 0 unspecified atom stereocenters. The molecule has 116 valence electrons. The molecule has 2 heterocycles. The van der Waals surface area contributed by atoms with Crippen LogP contribution in [0.3, 0.4) is 0 Å². The van der Waals surface area contributed by atoms with Gasteiger partial charge in [0.2, 0.25) is 5.69 Å². The molecule has 0 saturated carbocycles. The normalized spacial score (nSPS) is 15.8. The van der Waals surface area contributed by atoms with Crippen molar-refractivity contribution in [2.75, 3.05) is 38.1 Å². The highest BCUT2D eigenvalue weighted by molar-refractivity contribution is 5.87. The molecule has 0 bridgehead atoms. The number of carboxylic acid groups (broad SMARTS) is 1. The molecule has 8 heteroatoms. The van der Waals surface area contributed by atoms with Crippen LogP contribution in [0.2, 0.25) is 0 Å². The molecule has 0 aliphatic carbocycles. The number of carbonyl (C=O) groups is 1. The average molecular weight is 303 g/mol. The van der Waals surface area contributed by atoms with Crippen LogP contribution in [0.15, 0.2) is 24.3 Å². The number of ether oxygens (including phenoxy) is 1. The molecule has 2 aromatic rings. The summed E-state index contributed by atoms with van der Waals surface area (Å²) in [7, 11) is 2.12. The van der Waals surface area contributed by atoms with Gasteiger partial charge in [-0.15, -0.1) is 5.10 Å². The summed E-state index contributed by atoms with van der Waals surface area (Å²) in [5.41, 5.74) is 0.893. The molecule has 22 heavy (non-hydrogen) atoms. The first kappa shape index (κ1) is 14.3. The minimum absolute atomic E-state index is 0.0276. The second-order valence-electron chi connectivity index (χ2n) is 5.18. The van der Waals surface area contributed by atoms with E-state index in [1.165, 1.54) is 0 Å². The van der Waals surface area contributed by atoms with Gasteiger partial charge in [0.1, 0.15) is 5.75 Å². The quantitative estimate of drug-likeness (QED) is 0.871. The van der Waals surface area contributed by atoms with Gasteiger partial charge < -0.3 is 19.6 Å². The molecular weight excluding hydrogens is 286 g/mol. The predicted molar refractivity (Wildman–Crippen MR) is 79.6 cm³/mol. The van der Waals surface area contributed by atoms with Crippen LogP contribution in [-0.4, -0.2) is 64.6 Å². The average Bonchev–Trinajstić information content (AvgIpc) is 2.97. The van der Waals surface area contributed by atoms with E-state index in [-0.39, 0.29) is 11.6 Å². The third-order valence-electron chi connectivity index (χ3n) is 3.64. The van der Waals surface area contributed by atoms with Gasteiger partial charge in [-0.3, -0.25) is 0 Å². The number of aromatic carboxylic acids is 1. The first-order valence-electron chi connectivity index (χ1n) is 6.99. The Bertz CT molecular complexity index is 647. The SMILES string of the molecule is CN1CCN(c2ccc(Oc3[nH]nnc3C(=O)O)cc2)CC1. The van der Waals surface area contributed by atoms with Crippen molar-refractivity contribution in [3.63, 3.8) is 0 Å². The Morgan fingerprint density at radius 2 is 1.91 bits per heavy atom. The Morgan fingerprint density at radius 1 is 1.23 bits per heavy atom. The summed E-state index contributed by atoms with van der Waals surface area (Å²) in [6.45, 7) is 4.06. The zero-order valence-corrected chi connectivity index (χ0v) is 12.2. The van der Waals surface area contributed by atoms with E-state index in [9.17, 15) is 4.79 Å². The lowest BCUT2D eigenvalue weighted by Gasteiger charge is -2.34. The highest BCUT2D eigenvalue weighted by Gasteiger charge is 2.17. The lowest BCUT2D eigenvalue weighted by Crippen LogP contribution is -2.44. The number of aromatic nitrogens is 3. The predicted octanol–water partition coefficient (Wildman–Crippen LogP) is 1.05. The van der Waals surface area contributed by atoms with Crippen molar-refractivity contribution in [1.82, 2.24) is 20.3 Å². The van der Waals surface area contributed by atoms with Gasteiger partial charge in [-0.05, 0) is 31.3 Å². The lowest BCUT2D eigenvalue weighted by molar-refractivity contribution is 0.0687. The molecule has 1 aromatic heterocycles. The Kier molecular flexibility index (Phi) is 3.92. The fourth-order valence-electron chi connectivity index (χ4n) is 2.34. The van der Waals surface area contributed by atoms with Gasteiger partial charge >= 0.3 is 5.97 Å². The molecule has 1 aliphatic heterocycles. The third-order valence-corrected chi connectivity index (χ3v) is 3.64. The van der Waals surface area contributed by atoms with Crippen LogP contribution in [0.5, 0.6) is 11.6 Å². The molecular formula is C14H17N5O3. The fraction of sp³-hybridized carbons (Fsp3) is 0.357. The minimum Gasteiger partial charge on any atom is -0.476 e. The number of benzene rings is 1. The van der Waals surface area contributed by atoms with E-state index >= 15 is 0 Å². The summed E-state index contributed by atoms with van der Waals surface area (Å²) in [5, 5.41) is 18.3. The molecule has 0 atom stereocenters. The first-order chi connectivity index (χ1) is 10.6. The van der Waals surface area contributed by atoms with Crippen LogP contribution in [-0.2, 0) is 0 Å². The lowest BCUT2D eigenvalue weighted by atomic mass is 10.2. The summed E-state index contributed by atoms with van der Waals surface area (Å²) >= 11 is 0. The first-order valence-corrected chi connectivity index (χ1v) is 6.99. The number of H-pyrrole nitrogens is 1. The monoisotopic (exact) mass is 303 g/mol. The van der Waals surface area contributed by atoms with Crippen molar-refractivity contribution in [3.05, 3.63) is 30.0 Å². The molecule has 1 aromatic carbocycles. The van der Waals surface area contributed by atoms with E-state index in [0.29, 0.717) is 5.75 Å². The molecule has 1 aliphatic rings. The maximum absolute atomic E-state index is 10.9. The molecule has 0 spiro atoms. The Labute approximate surface area is 127 Å². The number of carboxylic acids is 1. The van der Waals surface area contributed by atoms with E-state index in [0.717, 1.165) is 31.9 Å². The smallest absolute Gasteiger partial charge is 0.362 e. The van der Waals surface area contributed by atoms with Crippen LogP contribution >= 0.6 is 0 Å². The molecule has 2 N–H and O–H groups in total. The van der Waals surface area contributed by atoms with Crippen molar-refractivity contribution in [1.29, 1.82) is 0 Å².